The molecule has 2 rings (SSSR count). The summed E-state index contributed by atoms with van der Waals surface area (Å²) in [5.74, 6) is -0.802. The predicted octanol–water partition coefficient (Wildman–Crippen LogP) is -1.23. The predicted molar refractivity (Wildman–Crippen MR) is 72.5 cm³/mol. The van der Waals surface area contributed by atoms with Crippen molar-refractivity contribution >= 4 is 5.78 Å². The van der Waals surface area contributed by atoms with E-state index in [1.54, 1.807) is 0 Å². The van der Waals surface area contributed by atoms with Crippen molar-refractivity contribution in [2.45, 2.75) is 37.6 Å². The maximum Gasteiger partial charge on any atom is 0.229 e. The third kappa shape index (κ3) is 3.06. The lowest BCUT2D eigenvalue weighted by Gasteiger charge is -2.39. The molecule has 5 atom stereocenters. The van der Waals surface area contributed by atoms with Gasteiger partial charge in [0.05, 0.1) is 6.61 Å². The average molecular weight is 314 g/mol. The maximum atomic E-state index is 11.6. The van der Waals surface area contributed by atoms with Crippen molar-refractivity contribution in [3.63, 3.8) is 0 Å². The van der Waals surface area contributed by atoms with E-state index in [1.165, 1.54) is 25.1 Å². The summed E-state index contributed by atoms with van der Waals surface area (Å²) in [6.07, 6.45) is -7.23. The number of phenols is 1. The second-order valence-electron chi connectivity index (χ2n) is 5.02. The zero-order valence-electron chi connectivity index (χ0n) is 11.8. The molecule has 1 aliphatic rings. The molecule has 8 heteroatoms. The normalized spacial score (nSPS) is 31.8. The molecule has 1 fully saturated rings. The summed E-state index contributed by atoms with van der Waals surface area (Å²) in [6.45, 7) is 0.639. The van der Waals surface area contributed by atoms with Crippen molar-refractivity contribution in [3.05, 3.63) is 23.8 Å². The van der Waals surface area contributed by atoms with Gasteiger partial charge in [-0.25, -0.2) is 0 Å². The molecule has 0 spiro atoms. The Kier molecular flexibility index (Phi) is 4.99. The molecule has 0 radical (unpaired) electrons. The van der Waals surface area contributed by atoms with Crippen LogP contribution in [0.25, 0.3) is 0 Å². The Morgan fingerprint density at radius 3 is 2.50 bits per heavy atom. The molecule has 122 valence electrons. The van der Waals surface area contributed by atoms with E-state index < -0.39 is 43.1 Å². The number of ketones is 1. The molecule has 5 N–H and O–H groups in total. The molecule has 1 saturated heterocycles. The molecule has 0 aliphatic carbocycles. The molecule has 8 nitrogen and oxygen atoms in total. The van der Waals surface area contributed by atoms with Gasteiger partial charge in [-0.15, -0.1) is 0 Å². The quantitative estimate of drug-likeness (QED) is 0.436. The number of ether oxygens (including phenoxy) is 2. The van der Waals surface area contributed by atoms with Crippen LogP contribution in [-0.2, 0) is 4.74 Å². The minimum Gasteiger partial charge on any atom is -0.507 e. The number of rotatable bonds is 4. The van der Waals surface area contributed by atoms with Gasteiger partial charge in [0.25, 0.3) is 0 Å². The first-order valence-electron chi connectivity index (χ1n) is 6.67. The van der Waals surface area contributed by atoms with E-state index in [4.69, 9.17) is 14.6 Å². The Morgan fingerprint density at radius 2 is 1.91 bits per heavy atom. The number of hydrogen-bond acceptors (Lipinski definition) is 8. The molecule has 1 aromatic rings. The molecule has 0 bridgehead atoms. The van der Waals surface area contributed by atoms with E-state index in [2.05, 4.69) is 0 Å². The van der Waals surface area contributed by atoms with Crippen LogP contribution in [0.4, 0.5) is 0 Å². The number of carbonyl (C=O) groups excluding carboxylic acids is 1. The van der Waals surface area contributed by atoms with Crippen LogP contribution in [0, 0.1) is 0 Å². The van der Waals surface area contributed by atoms with Gasteiger partial charge in [-0.2, -0.15) is 0 Å². The van der Waals surface area contributed by atoms with Crippen LogP contribution in [0.1, 0.15) is 17.3 Å². The van der Waals surface area contributed by atoms with Crippen LogP contribution < -0.4 is 4.74 Å². The third-order valence-electron chi connectivity index (χ3n) is 3.45. The first kappa shape index (κ1) is 16.7. The first-order valence-corrected chi connectivity index (χ1v) is 6.67. The van der Waals surface area contributed by atoms with Gasteiger partial charge in [-0.05, 0) is 19.1 Å². The van der Waals surface area contributed by atoms with Gasteiger partial charge in [0.15, 0.2) is 5.78 Å². The molecule has 1 heterocycles. The molecule has 0 unspecified atom stereocenters. The average Bonchev–Trinajstić information content (AvgIpc) is 2.47. The molecule has 0 aromatic heterocycles. The number of aliphatic hydroxyl groups excluding tert-OH is 4. The zero-order chi connectivity index (χ0) is 16.4. The monoisotopic (exact) mass is 314 g/mol. The molecule has 0 saturated carbocycles. The minimum atomic E-state index is -1.60. The Bertz CT molecular complexity index is 544. The lowest BCUT2D eigenvalue weighted by atomic mass is 9.99. The van der Waals surface area contributed by atoms with Gasteiger partial charge < -0.3 is 35.0 Å². The Hall–Kier alpha value is -1.71. The van der Waals surface area contributed by atoms with Crippen molar-refractivity contribution in [3.8, 4) is 11.5 Å². The molecule has 1 aliphatic heterocycles. The topological polar surface area (TPSA) is 137 Å². The SMILES string of the molecule is CC(=O)c1c(O)cccc1O[C@H]1O[C@H](CO)[C@H](O)[C@@H](O)[C@H]1O. The van der Waals surface area contributed by atoms with Crippen molar-refractivity contribution < 1.29 is 39.8 Å². The highest BCUT2D eigenvalue weighted by Gasteiger charge is 2.45. The summed E-state index contributed by atoms with van der Waals surface area (Å²) >= 11 is 0. The number of aliphatic hydroxyl groups is 4. The third-order valence-corrected chi connectivity index (χ3v) is 3.45. The Balaban J connectivity index is 2.27. The second kappa shape index (κ2) is 6.59. The van der Waals surface area contributed by atoms with E-state index in [0.29, 0.717) is 0 Å². The van der Waals surface area contributed by atoms with E-state index in [-0.39, 0.29) is 17.1 Å². The van der Waals surface area contributed by atoms with Gasteiger partial charge in [0.1, 0.15) is 41.5 Å². The van der Waals surface area contributed by atoms with Crippen molar-refractivity contribution in [1.29, 1.82) is 0 Å². The largest absolute Gasteiger partial charge is 0.507 e. The highest BCUT2D eigenvalue weighted by molar-refractivity contribution is 5.99. The standard InChI is InChI=1S/C14H18O8/c1-6(16)10-7(17)3-2-4-8(10)21-14-13(20)12(19)11(18)9(5-15)22-14/h2-4,9,11-15,17-20H,5H2,1H3/t9-,11+,12-,13-,14+/m1/s1. The zero-order valence-corrected chi connectivity index (χ0v) is 11.8. The number of aromatic hydroxyl groups is 1. The number of Topliss-reactive ketones (excluding diaryl/α,β-unsaturated/α-hetero) is 1. The van der Waals surface area contributed by atoms with E-state index in [1.807, 2.05) is 0 Å². The van der Waals surface area contributed by atoms with Crippen LogP contribution in [0.5, 0.6) is 11.5 Å². The van der Waals surface area contributed by atoms with Gasteiger partial charge in [0.2, 0.25) is 6.29 Å². The van der Waals surface area contributed by atoms with Crippen LogP contribution in [0.2, 0.25) is 0 Å². The summed E-state index contributed by atoms with van der Waals surface area (Å²) in [6, 6.07) is 4.12. The van der Waals surface area contributed by atoms with Crippen LogP contribution in [0.3, 0.4) is 0 Å². The van der Waals surface area contributed by atoms with Gasteiger partial charge in [-0.3, -0.25) is 4.79 Å². The fraction of sp³-hybridized carbons (Fsp3) is 0.500. The number of carbonyl (C=O) groups is 1. The number of benzene rings is 1. The van der Waals surface area contributed by atoms with Crippen molar-refractivity contribution in [2.24, 2.45) is 0 Å². The lowest BCUT2D eigenvalue weighted by molar-refractivity contribution is -0.277. The van der Waals surface area contributed by atoms with Crippen molar-refractivity contribution in [2.75, 3.05) is 6.61 Å². The van der Waals surface area contributed by atoms with Crippen LogP contribution in [0.15, 0.2) is 18.2 Å². The molecule has 0 amide bonds. The number of hydrogen-bond donors (Lipinski definition) is 5. The smallest absolute Gasteiger partial charge is 0.229 e. The molecular weight excluding hydrogens is 296 g/mol. The summed E-state index contributed by atoms with van der Waals surface area (Å²) in [5.41, 5.74) is -0.0977. The highest BCUT2D eigenvalue weighted by Crippen LogP contribution is 2.31. The molecular formula is C14H18O8. The van der Waals surface area contributed by atoms with Crippen LogP contribution in [-0.4, -0.2) is 68.6 Å². The summed E-state index contributed by atoms with van der Waals surface area (Å²) in [7, 11) is 0. The minimum absolute atomic E-state index is 0.0446. The summed E-state index contributed by atoms with van der Waals surface area (Å²) < 4.78 is 10.5. The van der Waals surface area contributed by atoms with E-state index in [9.17, 15) is 25.2 Å². The highest BCUT2D eigenvalue weighted by atomic mass is 16.7. The first-order chi connectivity index (χ1) is 10.4. The second-order valence-corrected chi connectivity index (χ2v) is 5.02. The Labute approximate surface area is 126 Å². The maximum absolute atomic E-state index is 11.6. The van der Waals surface area contributed by atoms with Crippen LogP contribution >= 0.6 is 0 Å². The number of phenolic OH excluding ortho intramolecular Hbond substituents is 1. The molecule has 22 heavy (non-hydrogen) atoms. The van der Waals surface area contributed by atoms with Gasteiger partial charge >= 0.3 is 0 Å². The summed E-state index contributed by atoms with van der Waals surface area (Å²) in [5, 5.41) is 48.1. The fourth-order valence-electron chi connectivity index (χ4n) is 2.26. The van der Waals surface area contributed by atoms with Crippen molar-refractivity contribution in [1.82, 2.24) is 0 Å². The Morgan fingerprint density at radius 1 is 1.23 bits per heavy atom. The van der Waals surface area contributed by atoms with Gasteiger partial charge in [-0.1, -0.05) is 6.07 Å². The van der Waals surface area contributed by atoms with E-state index in [0.717, 1.165) is 0 Å². The lowest BCUT2D eigenvalue weighted by Crippen LogP contribution is -2.60. The van der Waals surface area contributed by atoms with Gasteiger partial charge in [0, 0.05) is 0 Å². The fourth-order valence-corrected chi connectivity index (χ4v) is 2.26. The van der Waals surface area contributed by atoms with E-state index >= 15 is 0 Å². The summed E-state index contributed by atoms with van der Waals surface area (Å²) in [4.78, 5) is 11.6. The molecule has 1 aromatic carbocycles.